The third kappa shape index (κ3) is 4.33. The molecule has 2 amide bonds. The van der Waals surface area contributed by atoms with E-state index in [1.807, 2.05) is 48.5 Å². The van der Waals surface area contributed by atoms with Crippen molar-refractivity contribution in [1.29, 1.82) is 0 Å². The molecule has 0 saturated carbocycles. The number of carbonyl (C=O) groups excluding carboxylic acids is 2. The van der Waals surface area contributed by atoms with Crippen LogP contribution < -0.4 is 20.2 Å². The first kappa shape index (κ1) is 20.7. The molecule has 0 bridgehead atoms. The highest BCUT2D eigenvalue weighted by atomic mass is 16.5. The number of hydrogen-bond acceptors (Lipinski definition) is 6. The number of hydrogen-bond donors (Lipinski definition) is 1. The van der Waals surface area contributed by atoms with E-state index in [1.54, 1.807) is 24.1 Å². The van der Waals surface area contributed by atoms with Crippen LogP contribution in [0, 0.1) is 5.92 Å². The van der Waals surface area contributed by atoms with Gasteiger partial charge in [0.05, 0.1) is 19.9 Å². The lowest BCUT2D eigenvalue weighted by Gasteiger charge is -2.39. The first-order valence-electron chi connectivity index (χ1n) is 10.2. The number of hydrazone groups is 1. The molecule has 0 unspecified atom stereocenters. The first-order valence-corrected chi connectivity index (χ1v) is 10.2. The van der Waals surface area contributed by atoms with Gasteiger partial charge in [0, 0.05) is 25.6 Å². The lowest BCUT2D eigenvalue weighted by Crippen LogP contribution is -2.53. The molecule has 0 radical (unpaired) electrons. The van der Waals surface area contributed by atoms with Gasteiger partial charge < -0.3 is 20.1 Å². The number of anilines is 1. The van der Waals surface area contributed by atoms with Crippen LogP contribution in [0.2, 0.25) is 0 Å². The Labute approximate surface area is 181 Å². The van der Waals surface area contributed by atoms with Crippen molar-refractivity contribution in [2.75, 3.05) is 32.3 Å². The molecule has 1 fully saturated rings. The van der Waals surface area contributed by atoms with Gasteiger partial charge in [-0.1, -0.05) is 18.2 Å². The minimum absolute atomic E-state index is 0.135. The van der Waals surface area contributed by atoms with E-state index in [0.29, 0.717) is 24.7 Å². The van der Waals surface area contributed by atoms with Crippen molar-refractivity contribution < 1.29 is 19.1 Å². The lowest BCUT2D eigenvalue weighted by atomic mass is 9.91. The van der Waals surface area contributed by atoms with Gasteiger partial charge in [-0.25, -0.2) is 0 Å². The Morgan fingerprint density at radius 1 is 1.06 bits per heavy atom. The summed E-state index contributed by atoms with van der Waals surface area (Å²) in [5.41, 5.74) is 7.78. The number of likely N-dealkylation sites (tertiary alicyclic amines) is 1. The van der Waals surface area contributed by atoms with Gasteiger partial charge in [-0.3, -0.25) is 14.6 Å². The van der Waals surface area contributed by atoms with Crippen molar-refractivity contribution in [3.05, 3.63) is 54.1 Å². The van der Waals surface area contributed by atoms with Crippen LogP contribution in [0.15, 0.2) is 53.6 Å². The van der Waals surface area contributed by atoms with Crippen molar-refractivity contribution in [1.82, 2.24) is 4.90 Å². The molecule has 162 valence electrons. The van der Waals surface area contributed by atoms with E-state index in [1.165, 1.54) is 0 Å². The normalized spacial score (nSPS) is 18.4. The fourth-order valence-corrected chi connectivity index (χ4v) is 4.04. The van der Waals surface area contributed by atoms with Crippen LogP contribution in [0.5, 0.6) is 11.5 Å². The summed E-state index contributed by atoms with van der Waals surface area (Å²) in [7, 11) is 3.26. The van der Waals surface area contributed by atoms with E-state index in [2.05, 4.69) is 5.10 Å². The highest BCUT2D eigenvalue weighted by molar-refractivity contribution is 6.40. The predicted molar refractivity (Wildman–Crippen MR) is 117 cm³/mol. The van der Waals surface area contributed by atoms with E-state index in [4.69, 9.17) is 15.2 Å². The molecular weight excluding hydrogens is 396 g/mol. The quantitative estimate of drug-likeness (QED) is 0.734. The minimum Gasteiger partial charge on any atom is -0.497 e. The lowest BCUT2D eigenvalue weighted by molar-refractivity contribution is -0.130. The van der Waals surface area contributed by atoms with Crippen LogP contribution in [0.3, 0.4) is 0 Å². The zero-order valence-corrected chi connectivity index (χ0v) is 17.7. The number of methoxy groups -OCH3 is 2. The van der Waals surface area contributed by atoms with Crippen molar-refractivity contribution in [2.24, 2.45) is 16.8 Å². The highest BCUT2D eigenvalue weighted by Gasteiger charge is 2.39. The number of primary amides is 1. The molecule has 2 aliphatic rings. The Kier molecular flexibility index (Phi) is 5.79. The van der Waals surface area contributed by atoms with Crippen LogP contribution in [0.1, 0.15) is 12.0 Å². The molecule has 1 atom stereocenters. The van der Waals surface area contributed by atoms with E-state index in [-0.39, 0.29) is 12.3 Å². The molecule has 0 aliphatic carbocycles. The number of nitrogens with zero attached hydrogens (tertiary/aromatic N) is 3. The number of ether oxygens (including phenoxy) is 2. The van der Waals surface area contributed by atoms with Gasteiger partial charge in [0.25, 0.3) is 5.91 Å². The van der Waals surface area contributed by atoms with E-state index in [9.17, 15) is 9.59 Å². The van der Waals surface area contributed by atoms with Gasteiger partial charge in [-0.05, 0) is 42.2 Å². The molecule has 8 nitrogen and oxygen atoms in total. The van der Waals surface area contributed by atoms with Gasteiger partial charge >= 0.3 is 0 Å². The van der Waals surface area contributed by atoms with Crippen LogP contribution in [0.4, 0.5) is 5.69 Å². The number of carbonyl (C=O) groups is 2. The maximum Gasteiger partial charge on any atom is 0.270 e. The average molecular weight is 422 g/mol. The highest BCUT2D eigenvalue weighted by Crippen LogP contribution is 2.29. The second kappa shape index (κ2) is 8.67. The monoisotopic (exact) mass is 422 g/mol. The van der Waals surface area contributed by atoms with Crippen molar-refractivity contribution in [3.63, 3.8) is 0 Å². The fourth-order valence-electron chi connectivity index (χ4n) is 4.04. The summed E-state index contributed by atoms with van der Waals surface area (Å²) in [4.78, 5) is 26.6. The molecule has 2 aromatic rings. The molecule has 2 N–H and O–H groups in total. The van der Waals surface area contributed by atoms with E-state index >= 15 is 0 Å². The Morgan fingerprint density at radius 3 is 2.29 bits per heavy atom. The van der Waals surface area contributed by atoms with Crippen LogP contribution in [0.25, 0.3) is 0 Å². The second-order valence-corrected chi connectivity index (χ2v) is 7.85. The Balaban J connectivity index is 1.40. The molecule has 4 rings (SSSR count). The molecule has 8 heteroatoms. The number of nitrogens with two attached hydrogens (primary N) is 1. The average Bonchev–Trinajstić information content (AvgIpc) is 3.22. The third-order valence-corrected chi connectivity index (χ3v) is 5.69. The Morgan fingerprint density at radius 2 is 1.71 bits per heavy atom. The number of amides is 2. The maximum absolute atomic E-state index is 12.9. The summed E-state index contributed by atoms with van der Waals surface area (Å²) >= 11 is 0. The fraction of sp³-hybridized carbons (Fsp3) is 0.348. The summed E-state index contributed by atoms with van der Waals surface area (Å²) < 4.78 is 10.7. The largest absolute Gasteiger partial charge is 0.497 e. The zero-order valence-electron chi connectivity index (χ0n) is 17.7. The maximum atomic E-state index is 12.9. The molecule has 0 spiro atoms. The summed E-state index contributed by atoms with van der Waals surface area (Å²) in [6, 6.07) is 14.4. The number of benzene rings is 2. The van der Waals surface area contributed by atoms with Crippen molar-refractivity contribution in [2.45, 2.75) is 18.9 Å². The van der Waals surface area contributed by atoms with Gasteiger partial charge in [0.1, 0.15) is 23.3 Å². The molecule has 2 heterocycles. The Bertz CT molecular complexity index is 980. The summed E-state index contributed by atoms with van der Waals surface area (Å²) in [5, 5.41) is 5.99. The third-order valence-electron chi connectivity index (χ3n) is 5.69. The Hall–Kier alpha value is -3.55. The van der Waals surface area contributed by atoms with Gasteiger partial charge in [0.15, 0.2) is 0 Å². The molecular formula is C23H26N4O4. The van der Waals surface area contributed by atoms with Crippen molar-refractivity contribution in [3.8, 4) is 11.5 Å². The van der Waals surface area contributed by atoms with Crippen LogP contribution >= 0.6 is 0 Å². The SMILES string of the molecule is COc1cc(CC2CN(C(=O)C3=NN(c4ccccc4)[C@@H](C(N)=O)C3)C2)cc(OC)c1. The molecule has 1 saturated heterocycles. The first-order chi connectivity index (χ1) is 15.0. The standard InChI is InChI=1S/C23H26N4O4/c1-30-18-9-15(10-19(11-18)31-2)8-16-13-26(14-16)23(29)20-12-21(22(24)28)27(25-20)17-6-4-3-5-7-17/h3-7,9-11,16,21H,8,12-14H2,1-2H3,(H2,24,28)/t21-/m1/s1. The van der Waals surface area contributed by atoms with Gasteiger partial charge in [-0.15, -0.1) is 0 Å². The minimum atomic E-state index is -0.650. The summed E-state index contributed by atoms with van der Waals surface area (Å²) in [6.45, 7) is 1.29. The summed E-state index contributed by atoms with van der Waals surface area (Å²) in [5.74, 6) is 1.22. The summed E-state index contributed by atoms with van der Waals surface area (Å²) in [6.07, 6.45) is 1.04. The predicted octanol–water partition coefficient (Wildman–Crippen LogP) is 1.82. The van der Waals surface area contributed by atoms with Crippen molar-refractivity contribution >= 4 is 23.2 Å². The smallest absolute Gasteiger partial charge is 0.270 e. The van der Waals surface area contributed by atoms with Gasteiger partial charge in [-0.2, -0.15) is 5.10 Å². The van der Waals surface area contributed by atoms with Gasteiger partial charge in [0.2, 0.25) is 5.91 Å². The molecule has 0 aromatic heterocycles. The zero-order chi connectivity index (χ0) is 22.0. The number of rotatable bonds is 7. The van der Waals surface area contributed by atoms with E-state index < -0.39 is 11.9 Å². The molecule has 2 aliphatic heterocycles. The van der Waals surface area contributed by atoms with Crippen LogP contribution in [-0.4, -0.2) is 55.8 Å². The topological polar surface area (TPSA) is 97.5 Å². The molecule has 31 heavy (non-hydrogen) atoms. The van der Waals surface area contributed by atoms with Crippen LogP contribution in [-0.2, 0) is 16.0 Å². The second-order valence-electron chi connectivity index (χ2n) is 7.85. The number of para-hydroxylation sites is 1. The van der Waals surface area contributed by atoms with E-state index in [0.717, 1.165) is 29.2 Å². The molecule has 2 aromatic carbocycles.